The molecular weight excluding hydrogens is 460 g/mol. The van der Waals surface area contributed by atoms with E-state index < -0.39 is 41.1 Å². The fourth-order valence-corrected chi connectivity index (χ4v) is 6.74. The van der Waals surface area contributed by atoms with Crippen molar-refractivity contribution in [3.8, 4) is 0 Å². The van der Waals surface area contributed by atoms with Crippen molar-refractivity contribution in [1.82, 2.24) is 9.80 Å². The molecule has 0 saturated carbocycles. The minimum Gasteiger partial charge on any atom is -0.466 e. The number of hydrogen-bond acceptors (Lipinski definition) is 6. The SMILES string of the molecule is C=CCN(C(=O)C1N([C@H](CO)c2ccccc2)C(=O)[C@@H]2[C@H](C(=O)OCC)[C@]3(CC)CCC12O3)C(C)C. The molecule has 8 nitrogen and oxygen atoms in total. The quantitative estimate of drug-likeness (QED) is 0.394. The highest BCUT2D eigenvalue weighted by molar-refractivity contribution is 5.99. The molecule has 4 rings (SSSR count). The van der Waals surface area contributed by atoms with Crippen molar-refractivity contribution < 1.29 is 29.0 Å². The van der Waals surface area contributed by atoms with E-state index in [2.05, 4.69) is 6.58 Å². The van der Waals surface area contributed by atoms with Crippen molar-refractivity contribution in [2.24, 2.45) is 11.8 Å². The lowest BCUT2D eigenvalue weighted by atomic mass is 9.65. The van der Waals surface area contributed by atoms with Crippen LogP contribution in [-0.2, 0) is 23.9 Å². The number of rotatable bonds is 10. The van der Waals surface area contributed by atoms with Crippen molar-refractivity contribution in [2.45, 2.75) is 76.3 Å². The Morgan fingerprint density at radius 2 is 1.97 bits per heavy atom. The molecule has 1 spiro atoms. The third kappa shape index (κ3) is 3.77. The molecule has 8 heteroatoms. The van der Waals surface area contributed by atoms with Gasteiger partial charge in [-0.15, -0.1) is 6.58 Å². The summed E-state index contributed by atoms with van der Waals surface area (Å²) in [6.07, 6.45) is 3.24. The van der Waals surface area contributed by atoms with E-state index in [1.165, 1.54) is 4.90 Å². The molecule has 6 atom stereocenters. The van der Waals surface area contributed by atoms with Crippen molar-refractivity contribution >= 4 is 17.8 Å². The van der Waals surface area contributed by atoms with Crippen molar-refractivity contribution in [2.75, 3.05) is 19.8 Å². The van der Waals surface area contributed by atoms with E-state index in [0.29, 0.717) is 25.8 Å². The van der Waals surface area contributed by atoms with Crippen LogP contribution in [0.3, 0.4) is 0 Å². The highest BCUT2D eigenvalue weighted by Gasteiger charge is 2.79. The molecule has 2 unspecified atom stereocenters. The van der Waals surface area contributed by atoms with E-state index in [-0.39, 0.29) is 31.1 Å². The maximum atomic E-state index is 14.3. The van der Waals surface area contributed by atoms with Crippen LogP contribution in [0.1, 0.15) is 58.6 Å². The van der Waals surface area contributed by atoms with Gasteiger partial charge in [0.15, 0.2) is 0 Å². The summed E-state index contributed by atoms with van der Waals surface area (Å²) in [5.74, 6) is -2.71. The van der Waals surface area contributed by atoms with Gasteiger partial charge in [-0.3, -0.25) is 14.4 Å². The zero-order chi connectivity index (χ0) is 26.3. The first kappa shape index (κ1) is 26.4. The van der Waals surface area contributed by atoms with E-state index in [0.717, 1.165) is 5.56 Å². The molecule has 3 saturated heterocycles. The van der Waals surface area contributed by atoms with Gasteiger partial charge in [0.1, 0.15) is 17.6 Å². The van der Waals surface area contributed by atoms with Crippen LogP contribution in [0.25, 0.3) is 0 Å². The fourth-order valence-electron chi connectivity index (χ4n) is 6.74. The number of carbonyl (C=O) groups excluding carboxylic acids is 3. The molecule has 2 amide bonds. The van der Waals surface area contributed by atoms with E-state index in [9.17, 15) is 19.5 Å². The van der Waals surface area contributed by atoms with Gasteiger partial charge in [-0.05, 0) is 45.6 Å². The molecule has 3 aliphatic heterocycles. The second-order valence-corrected chi connectivity index (χ2v) is 10.3. The van der Waals surface area contributed by atoms with Crippen molar-refractivity contribution in [3.05, 3.63) is 48.6 Å². The van der Waals surface area contributed by atoms with E-state index >= 15 is 0 Å². The number of ether oxygens (including phenoxy) is 2. The smallest absolute Gasteiger partial charge is 0.312 e. The highest BCUT2D eigenvalue weighted by Crippen LogP contribution is 2.65. The molecule has 1 aromatic rings. The molecule has 196 valence electrons. The van der Waals surface area contributed by atoms with Gasteiger partial charge in [-0.1, -0.05) is 43.3 Å². The number of nitrogens with zero attached hydrogens (tertiary/aromatic N) is 2. The van der Waals surface area contributed by atoms with Gasteiger partial charge in [0.2, 0.25) is 11.8 Å². The number of carbonyl (C=O) groups is 3. The summed E-state index contributed by atoms with van der Waals surface area (Å²) in [5.41, 5.74) is -1.30. The summed E-state index contributed by atoms with van der Waals surface area (Å²) in [6, 6.07) is 7.31. The van der Waals surface area contributed by atoms with Gasteiger partial charge in [-0.2, -0.15) is 0 Å². The Labute approximate surface area is 213 Å². The molecule has 2 bridgehead atoms. The normalized spacial score (nSPS) is 31.4. The first-order valence-corrected chi connectivity index (χ1v) is 13.0. The number of fused-ring (bicyclic) bond motifs is 1. The Kier molecular flexibility index (Phi) is 7.30. The standard InChI is InChI=1S/C28H38N2O6/c1-6-16-29(18(4)5)25(33)23-28-15-14-27(7-2,36-28)22(26(34)35-8-3)21(28)24(32)30(23)20(17-31)19-12-10-9-11-13-19/h6,9-13,18,20-23,31H,1,7-8,14-17H2,2-5H3/t20-,21+,22-,23?,27+,28?/m1/s1. The first-order valence-electron chi connectivity index (χ1n) is 13.0. The largest absolute Gasteiger partial charge is 0.466 e. The number of hydrogen-bond donors (Lipinski definition) is 1. The summed E-state index contributed by atoms with van der Waals surface area (Å²) < 4.78 is 12.2. The van der Waals surface area contributed by atoms with Gasteiger partial charge in [0.05, 0.1) is 30.8 Å². The number of aliphatic hydroxyl groups is 1. The van der Waals surface area contributed by atoms with Crippen LogP contribution in [0.5, 0.6) is 0 Å². The molecule has 0 radical (unpaired) electrons. The predicted octanol–water partition coefficient (Wildman–Crippen LogP) is 2.86. The van der Waals surface area contributed by atoms with Crippen molar-refractivity contribution in [1.29, 1.82) is 0 Å². The monoisotopic (exact) mass is 498 g/mol. The van der Waals surface area contributed by atoms with Crippen LogP contribution < -0.4 is 0 Å². The average Bonchev–Trinajstić information content (AvgIpc) is 3.47. The topological polar surface area (TPSA) is 96.4 Å². The molecular formula is C28H38N2O6. The minimum atomic E-state index is -1.17. The highest BCUT2D eigenvalue weighted by atomic mass is 16.6. The molecule has 1 N–H and O–H groups in total. The third-order valence-electron chi connectivity index (χ3n) is 8.32. The number of aliphatic hydroxyl groups excluding tert-OH is 1. The van der Waals surface area contributed by atoms with E-state index in [4.69, 9.17) is 9.47 Å². The van der Waals surface area contributed by atoms with Gasteiger partial charge < -0.3 is 24.4 Å². The van der Waals surface area contributed by atoms with Gasteiger partial charge in [0.25, 0.3) is 0 Å². The molecule has 0 aliphatic carbocycles. The fraction of sp³-hybridized carbons (Fsp3) is 0.607. The molecule has 36 heavy (non-hydrogen) atoms. The Hall–Kier alpha value is -2.71. The second-order valence-electron chi connectivity index (χ2n) is 10.3. The second kappa shape index (κ2) is 9.98. The Bertz CT molecular complexity index is 1010. The van der Waals surface area contributed by atoms with Crippen LogP contribution in [0.4, 0.5) is 0 Å². The average molecular weight is 499 g/mol. The molecule has 0 aromatic heterocycles. The third-order valence-corrected chi connectivity index (χ3v) is 8.32. The Morgan fingerprint density at radius 1 is 1.28 bits per heavy atom. The maximum absolute atomic E-state index is 14.3. The van der Waals surface area contributed by atoms with Crippen molar-refractivity contribution in [3.63, 3.8) is 0 Å². The van der Waals surface area contributed by atoms with Crippen LogP contribution in [0, 0.1) is 11.8 Å². The summed E-state index contributed by atoms with van der Waals surface area (Å²) in [5, 5.41) is 10.5. The lowest BCUT2D eigenvalue weighted by Gasteiger charge is -2.40. The summed E-state index contributed by atoms with van der Waals surface area (Å²) >= 11 is 0. The zero-order valence-electron chi connectivity index (χ0n) is 21.7. The molecule has 3 aliphatic rings. The summed E-state index contributed by atoms with van der Waals surface area (Å²) in [4.78, 5) is 45.1. The van der Waals surface area contributed by atoms with Crippen LogP contribution in [0.2, 0.25) is 0 Å². The summed E-state index contributed by atoms with van der Waals surface area (Å²) in [7, 11) is 0. The van der Waals surface area contributed by atoms with Crippen LogP contribution in [0.15, 0.2) is 43.0 Å². The van der Waals surface area contributed by atoms with Crippen LogP contribution >= 0.6 is 0 Å². The number of likely N-dealkylation sites (tertiary alicyclic amines) is 1. The molecule has 3 fully saturated rings. The molecule has 3 heterocycles. The lowest BCUT2D eigenvalue weighted by molar-refractivity contribution is -0.163. The molecule has 1 aromatic carbocycles. The minimum absolute atomic E-state index is 0.146. The Balaban J connectivity index is 1.89. The number of amides is 2. The Morgan fingerprint density at radius 3 is 2.53 bits per heavy atom. The summed E-state index contributed by atoms with van der Waals surface area (Å²) in [6.45, 7) is 11.5. The van der Waals surface area contributed by atoms with E-state index in [1.54, 1.807) is 17.9 Å². The van der Waals surface area contributed by atoms with Gasteiger partial charge >= 0.3 is 5.97 Å². The van der Waals surface area contributed by atoms with Crippen LogP contribution in [-0.4, -0.2) is 75.7 Å². The van der Waals surface area contributed by atoms with E-state index in [1.807, 2.05) is 51.1 Å². The number of benzene rings is 1. The lowest BCUT2D eigenvalue weighted by Crippen LogP contribution is -2.58. The zero-order valence-corrected chi connectivity index (χ0v) is 21.7. The van der Waals surface area contributed by atoms with Gasteiger partial charge in [-0.25, -0.2) is 0 Å². The predicted molar refractivity (Wildman–Crippen MR) is 134 cm³/mol. The maximum Gasteiger partial charge on any atom is 0.312 e. The first-order chi connectivity index (χ1) is 17.2. The number of esters is 1. The van der Waals surface area contributed by atoms with Gasteiger partial charge in [0, 0.05) is 12.6 Å².